The summed E-state index contributed by atoms with van der Waals surface area (Å²) in [6, 6.07) is 9.86. The fourth-order valence-corrected chi connectivity index (χ4v) is 4.36. The predicted molar refractivity (Wildman–Crippen MR) is 122 cm³/mol. The molecule has 0 saturated heterocycles. The van der Waals surface area contributed by atoms with Gasteiger partial charge in [-0.1, -0.05) is 12.1 Å². The van der Waals surface area contributed by atoms with E-state index in [1.807, 2.05) is 18.2 Å². The summed E-state index contributed by atoms with van der Waals surface area (Å²) >= 11 is 0. The van der Waals surface area contributed by atoms with Crippen molar-refractivity contribution in [3.63, 3.8) is 0 Å². The fraction of sp³-hybridized carbons (Fsp3) is 0.435. The highest BCUT2D eigenvalue weighted by Gasteiger charge is 2.25. The Kier molecular flexibility index (Phi) is 6.16. The summed E-state index contributed by atoms with van der Waals surface area (Å²) in [6.45, 7) is 1.60. The van der Waals surface area contributed by atoms with Crippen LogP contribution in [0.15, 0.2) is 35.4 Å². The zero-order valence-corrected chi connectivity index (χ0v) is 18.3. The number of benzene rings is 1. The van der Waals surface area contributed by atoms with Crippen molar-refractivity contribution in [1.29, 1.82) is 0 Å². The van der Waals surface area contributed by atoms with Gasteiger partial charge >= 0.3 is 5.97 Å². The van der Waals surface area contributed by atoms with Gasteiger partial charge in [-0.2, -0.15) is 0 Å². The Bertz CT molecular complexity index is 1060. The van der Waals surface area contributed by atoms with Crippen molar-refractivity contribution in [1.82, 2.24) is 21.1 Å². The molecule has 1 aromatic carbocycles. The lowest BCUT2D eigenvalue weighted by molar-refractivity contribution is -0.137. The molecular weight excluding hydrogens is 424 g/mol. The number of nitrogens with one attached hydrogen (secondary N) is 3. The van der Waals surface area contributed by atoms with E-state index < -0.39 is 5.97 Å². The number of aromatic nitrogens is 1. The minimum Gasteiger partial charge on any atom is -0.481 e. The van der Waals surface area contributed by atoms with Crippen LogP contribution < -0.4 is 25.8 Å². The zero-order chi connectivity index (χ0) is 22.6. The Hall–Kier alpha value is -3.53. The van der Waals surface area contributed by atoms with Crippen LogP contribution in [0, 0.1) is 0 Å². The van der Waals surface area contributed by atoms with E-state index in [4.69, 9.17) is 14.5 Å². The van der Waals surface area contributed by atoms with Crippen LogP contribution in [0.5, 0.6) is 11.5 Å². The molecule has 10 heteroatoms. The molecule has 4 heterocycles. The summed E-state index contributed by atoms with van der Waals surface area (Å²) in [5, 5.41) is 18.9. The first-order chi connectivity index (χ1) is 16.1. The molecule has 0 bridgehead atoms. The van der Waals surface area contributed by atoms with Crippen LogP contribution in [0.25, 0.3) is 0 Å². The van der Waals surface area contributed by atoms with Crippen molar-refractivity contribution >= 4 is 17.6 Å². The van der Waals surface area contributed by atoms with Gasteiger partial charge in [-0.15, -0.1) is 10.2 Å². The number of hydrazine groups is 2. The quantitative estimate of drug-likeness (QED) is 0.454. The number of hydrogen-bond acceptors (Lipinski definition) is 9. The lowest BCUT2D eigenvalue weighted by atomic mass is 9.95. The Morgan fingerprint density at radius 2 is 2.09 bits per heavy atom. The summed E-state index contributed by atoms with van der Waals surface area (Å²) in [4.78, 5) is 16.2. The molecule has 2 aromatic rings. The van der Waals surface area contributed by atoms with E-state index >= 15 is 0 Å². The lowest BCUT2D eigenvalue weighted by Crippen LogP contribution is -2.44. The summed E-state index contributed by atoms with van der Waals surface area (Å²) in [6.07, 6.45) is 4.79. The first-order valence-corrected chi connectivity index (χ1v) is 11.3. The average Bonchev–Trinajstić information content (AvgIpc) is 3.47. The van der Waals surface area contributed by atoms with Gasteiger partial charge < -0.3 is 19.9 Å². The Morgan fingerprint density at radius 3 is 3.00 bits per heavy atom. The number of amidine groups is 1. The number of carboxylic acids is 1. The van der Waals surface area contributed by atoms with E-state index in [1.54, 1.807) is 5.12 Å². The minimum atomic E-state index is -0.856. The van der Waals surface area contributed by atoms with Gasteiger partial charge in [0.25, 0.3) is 0 Å². The van der Waals surface area contributed by atoms with E-state index in [-0.39, 0.29) is 19.1 Å². The maximum Gasteiger partial charge on any atom is 0.304 e. The molecule has 3 aliphatic rings. The first-order valence-electron chi connectivity index (χ1n) is 11.3. The number of hydrogen-bond donors (Lipinski definition) is 4. The number of fused-ring (bicyclic) bond motifs is 2. The Labute approximate surface area is 191 Å². The highest BCUT2D eigenvalue weighted by atomic mass is 16.7. The maximum atomic E-state index is 11.5. The normalized spacial score (nSPS) is 17.4. The molecule has 3 aliphatic heterocycles. The molecule has 0 fully saturated rings. The third kappa shape index (κ3) is 5.11. The van der Waals surface area contributed by atoms with Crippen LogP contribution in [0.4, 0.5) is 5.82 Å². The highest BCUT2D eigenvalue weighted by Crippen LogP contribution is 2.35. The molecular formula is C23H28N6O4. The van der Waals surface area contributed by atoms with Crippen LogP contribution in [0.2, 0.25) is 0 Å². The van der Waals surface area contributed by atoms with Gasteiger partial charge in [0.1, 0.15) is 11.7 Å². The van der Waals surface area contributed by atoms with E-state index in [1.165, 1.54) is 5.56 Å². The largest absolute Gasteiger partial charge is 0.481 e. The predicted octanol–water partition coefficient (Wildman–Crippen LogP) is 2.39. The van der Waals surface area contributed by atoms with Gasteiger partial charge in [0, 0.05) is 31.1 Å². The number of aryl methyl sites for hydroxylation is 2. The van der Waals surface area contributed by atoms with Crippen molar-refractivity contribution in [3.05, 3.63) is 47.2 Å². The van der Waals surface area contributed by atoms with Gasteiger partial charge in [0.05, 0.1) is 6.42 Å². The number of nitrogens with zero attached hydrogens (tertiary/aromatic N) is 3. The SMILES string of the molecule is O=C(O)CC(CN1NN=C(CCCc2ccc3c(n2)NCCC3)N1)c1ccc2c(c1)OCO2. The van der Waals surface area contributed by atoms with E-state index in [0.717, 1.165) is 61.6 Å². The molecule has 174 valence electrons. The average molecular weight is 453 g/mol. The van der Waals surface area contributed by atoms with Crippen LogP contribution in [-0.2, 0) is 17.6 Å². The number of aliphatic carboxylic acids is 1. The molecule has 0 radical (unpaired) electrons. The Morgan fingerprint density at radius 1 is 1.18 bits per heavy atom. The lowest BCUT2D eigenvalue weighted by Gasteiger charge is -2.22. The first kappa shape index (κ1) is 21.3. The molecule has 1 unspecified atom stereocenters. The molecule has 1 aromatic heterocycles. The standard InChI is InChI=1S/C23H28N6O4/c30-22(31)12-17(16-7-9-19-20(11-16)33-14-32-19)13-29-27-21(26-28-29)5-1-4-18-8-6-15-3-2-10-24-23(15)25-18/h6-9,11,17,28H,1-5,10,12-14H2,(H,24,25)(H,26,27)(H,30,31). The number of rotatable bonds is 9. The number of ether oxygens (including phenoxy) is 2. The molecule has 5 rings (SSSR count). The number of hydrazone groups is 1. The summed E-state index contributed by atoms with van der Waals surface area (Å²) in [7, 11) is 0. The van der Waals surface area contributed by atoms with Crippen LogP contribution in [0.3, 0.4) is 0 Å². The second-order valence-electron chi connectivity index (χ2n) is 8.48. The van der Waals surface area contributed by atoms with Gasteiger partial charge in [-0.05, 0) is 55.0 Å². The van der Waals surface area contributed by atoms with Crippen LogP contribution >= 0.6 is 0 Å². The van der Waals surface area contributed by atoms with Crippen molar-refractivity contribution in [3.8, 4) is 11.5 Å². The molecule has 4 N–H and O–H groups in total. The van der Waals surface area contributed by atoms with Crippen LogP contribution in [0.1, 0.15) is 48.4 Å². The van der Waals surface area contributed by atoms with Crippen molar-refractivity contribution in [2.75, 3.05) is 25.2 Å². The van der Waals surface area contributed by atoms with Crippen molar-refractivity contribution in [2.24, 2.45) is 5.10 Å². The zero-order valence-electron chi connectivity index (χ0n) is 18.3. The third-order valence-electron chi connectivity index (χ3n) is 6.06. The van der Waals surface area contributed by atoms with E-state index in [2.05, 4.69) is 33.5 Å². The third-order valence-corrected chi connectivity index (χ3v) is 6.06. The molecule has 0 spiro atoms. The fourth-order valence-electron chi connectivity index (χ4n) is 4.36. The number of carbonyl (C=O) groups is 1. The highest BCUT2D eigenvalue weighted by molar-refractivity contribution is 5.82. The molecule has 0 aliphatic carbocycles. The smallest absolute Gasteiger partial charge is 0.304 e. The van der Waals surface area contributed by atoms with Crippen molar-refractivity contribution in [2.45, 2.75) is 44.4 Å². The van der Waals surface area contributed by atoms with Gasteiger partial charge in [-0.3, -0.25) is 10.2 Å². The minimum absolute atomic E-state index is 0.00707. The monoisotopic (exact) mass is 452 g/mol. The van der Waals surface area contributed by atoms with Gasteiger partial charge in [-0.25, -0.2) is 10.5 Å². The summed E-state index contributed by atoms with van der Waals surface area (Å²) < 4.78 is 10.8. The maximum absolute atomic E-state index is 11.5. The second kappa shape index (κ2) is 9.53. The van der Waals surface area contributed by atoms with Gasteiger partial charge in [0.2, 0.25) is 6.79 Å². The number of pyridine rings is 1. The summed E-state index contributed by atoms with van der Waals surface area (Å²) in [5.41, 5.74) is 9.46. The number of anilines is 1. The molecule has 0 saturated carbocycles. The van der Waals surface area contributed by atoms with Crippen molar-refractivity contribution < 1.29 is 19.4 Å². The molecule has 0 amide bonds. The molecule has 1 atom stereocenters. The number of carboxylic acid groups (broad SMARTS) is 1. The molecule has 10 nitrogen and oxygen atoms in total. The Balaban J connectivity index is 1.13. The van der Waals surface area contributed by atoms with Crippen LogP contribution in [-0.4, -0.2) is 46.9 Å². The summed E-state index contributed by atoms with van der Waals surface area (Å²) in [5.74, 6) is 2.07. The second-order valence-corrected chi connectivity index (χ2v) is 8.48. The van der Waals surface area contributed by atoms with E-state index in [9.17, 15) is 9.90 Å². The molecule has 33 heavy (non-hydrogen) atoms. The topological polar surface area (TPSA) is 120 Å². The van der Waals surface area contributed by atoms with E-state index in [0.29, 0.717) is 18.0 Å². The van der Waals surface area contributed by atoms with Gasteiger partial charge in [0.15, 0.2) is 11.5 Å².